The predicted octanol–water partition coefficient (Wildman–Crippen LogP) is 2.61. The third-order valence-corrected chi connectivity index (χ3v) is 9.25. The Hall–Kier alpha value is -3.05. The molecule has 2 aromatic rings. The molecule has 2 saturated heterocycles. The van der Waals surface area contributed by atoms with Crippen molar-refractivity contribution in [2.45, 2.75) is 65.6 Å². The van der Waals surface area contributed by atoms with E-state index >= 15 is 0 Å². The van der Waals surface area contributed by atoms with Gasteiger partial charge in [-0.25, -0.2) is 8.42 Å². The number of anilines is 1. The minimum Gasteiger partial charge on any atom is -0.344 e. The fraction of sp³-hybridized carbons (Fsp3) is 0.571. The molecule has 1 unspecified atom stereocenters. The lowest BCUT2D eigenvalue weighted by Crippen LogP contribution is -2.58. The molecular weight excluding hydrogens is 518 g/mol. The summed E-state index contributed by atoms with van der Waals surface area (Å²) in [6.45, 7) is 9.65. The van der Waals surface area contributed by atoms with Gasteiger partial charge < -0.3 is 15.5 Å². The smallest absolute Gasteiger partial charge is 0.246 e. The Bertz CT molecular complexity index is 1370. The van der Waals surface area contributed by atoms with Crippen molar-refractivity contribution in [1.82, 2.24) is 19.5 Å². The number of pyridine rings is 1. The van der Waals surface area contributed by atoms with Crippen molar-refractivity contribution >= 4 is 44.3 Å². The van der Waals surface area contributed by atoms with Crippen molar-refractivity contribution in [1.29, 1.82) is 0 Å². The van der Waals surface area contributed by atoms with Crippen LogP contribution in [0.25, 0.3) is 10.9 Å². The van der Waals surface area contributed by atoms with Crippen LogP contribution in [0.5, 0.6) is 0 Å². The molecule has 11 heteroatoms. The number of carbonyl (C=O) groups is 3. The van der Waals surface area contributed by atoms with Crippen molar-refractivity contribution in [3.05, 3.63) is 36.5 Å². The molecule has 39 heavy (non-hydrogen) atoms. The van der Waals surface area contributed by atoms with Crippen molar-refractivity contribution in [2.24, 2.45) is 17.3 Å². The quantitative estimate of drug-likeness (QED) is 0.539. The summed E-state index contributed by atoms with van der Waals surface area (Å²) in [6, 6.07) is 7.19. The number of hydrogen-bond donors (Lipinski definition) is 2. The van der Waals surface area contributed by atoms with E-state index in [1.54, 1.807) is 17.2 Å². The third-order valence-electron chi connectivity index (χ3n) is 7.97. The maximum atomic E-state index is 14.0. The van der Waals surface area contributed by atoms with Gasteiger partial charge in [0, 0.05) is 36.6 Å². The van der Waals surface area contributed by atoms with E-state index < -0.39 is 39.5 Å². The third kappa shape index (κ3) is 5.79. The summed E-state index contributed by atoms with van der Waals surface area (Å²) < 4.78 is 26.8. The molecule has 0 saturated carbocycles. The molecule has 5 atom stereocenters. The summed E-state index contributed by atoms with van der Waals surface area (Å²) in [5.41, 5.74) is 0.555. The first kappa shape index (κ1) is 28.9. The summed E-state index contributed by atoms with van der Waals surface area (Å²) in [5, 5.41) is 6.75. The Kier molecular flexibility index (Phi) is 8.05. The Labute approximate surface area is 230 Å². The van der Waals surface area contributed by atoms with Crippen LogP contribution in [0.1, 0.15) is 47.5 Å². The first-order chi connectivity index (χ1) is 18.2. The van der Waals surface area contributed by atoms with Gasteiger partial charge >= 0.3 is 0 Å². The lowest BCUT2D eigenvalue weighted by Gasteiger charge is -2.37. The van der Waals surface area contributed by atoms with Gasteiger partial charge in [-0.2, -0.15) is 4.31 Å². The number of para-hydroxylation sites is 1. The van der Waals surface area contributed by atoms with Crippen molar-refractivity contribution in [2.75, 3.05) is 24.7 Å². The molecule has 3 amide bonds. The van der Waals surface area contributed by atoms with Gasteiger partial charge in [-0.1, -0.05) is 52.8 Å². The van der Waals surface area contributed by atoms with Crippen LogP contribution in [0.15, 0.2) is 36.5 Å². The summed E-state index contributed by atoms with van der Waals surface area (Å²) in [5.74, 6) is -1.92. The molecule has 0 spiro atoms. The van der Waals surface area contributed by atoms with Gasteiger partial charge in [0.1, 0.15) is 6.04 Å². The molecule has 2 aliphatic heterocycles. The zero-order valence-corrected chi connectivity index (χ0v) is 24.3. The van der Waals surface area contributed by atoms with Crippen LogP contribution in [0.2, 0.25) is 0 Å². The van der Waals surface area contributed by atoms with Crippen LogP contribution in [0.4, 0.5) is 5.69 Å². The minimum atomic E-state index is -3.63. The molecule has 0 aliphatic carbocycles. The standard InChI is InChI=1S/C28H39N5O5S/c1-7-17(2)25(34)31-24(28(3,4)5)27(36)32-15-13-21-23(32)19(16-33(21)39(6,37)38)26(35)30-20-12-8-10-18-11-9-14-29-22(18)20/h8-12,14,17,19,21,23-24H,7,13,15-16H2,1-6H3,(H,30,35)(H,31,34)/t17-,19?,21-,23-,24-/m1/s1. The summed E-state index contributed by atoms with van der Waals surface area (Å²) in [4.78, 5) is 46.6. The van der Waals surface area contributed by atoms with Gasteiger partial charge in [0.15, 0.2) is 0 Å². The zero-order valence-electron chi connectivity index (χ0n) is 23.5. The van der Waals surface area contributed by atoms with Gasteiger partial charge in [0.25, 0.3) is 0 Å². The average molecular weight is 558 g/mol. The number of fused-ring (bicyclic) bond motifs is 2. The molecule has 212 valence electrons. The number of amides is 3. The lowest BCUT2D eigenvalue weighted by atomic mass is 9.84. The van der Waals surface area contributed by atoms with Crippen LogP contribution >= 0.6 is 0 Å². The summed E-state index contributed by atoms with van der Waals surface area (Å²) >= 11 is 0. The average Bonchev–Trinajstić information content (AvgIpc) is 3.46. The lowest BCUT2D eigenvalue weighted by molar-refractivity contribution is -0.142. The highest BCUT2D eigenvalue weighted by atomic mass is 32.2. The first-order valence-corrected chi connectivity index (χ1v) is 15.3. The van der Waals surface area contributed by atoms with Gasteiger partial charge in [0.2, 0.25) is 27.7 Å². The molecule has 1 aromatic heterocycles. The molecule has 2 N–H and O–H groups in total. The second-order valence-electron chi connectivity index (χ2n) is 11.8. The van der Waals surface area contributed by atoms with Crippen molar-refractivity contribution in [3.8, 4) is 0 Å². The molecule has 1 aromatic carbocycles. The first-order valence-electron chi connectivity index (χ1n) is 13.5. The number of benzene rings is 1. The number of nitrogens with zero attached hydrogens (tertiary/aromatic N) is 3. The Morgan fingerprint density at radius 1 is 1.15 bits per heavy atom. The van der Waals surface area contributed by atoms with Gasteiger partial charge in [-0.05, 0) is 30.4 Å². The van der Waals surface area contributed by atoms with Gasteiger partial charge in [0.05, 0.1) is 29.4 Å². The highest BCUT2D eigenvalue weighted by Gasteiger charge is 2.56. The fourth-order valence-corrected chi connectivity index (χ4v) is 6.78. The van der Waals surface area contributed by atoms with E-state index in [9.17, 15) is 22.8 Å². The topological polar surface area (TPSA) is 129 Å². The second-order valence-corrected chi connectivity index (χ2v) is 13.7. The molecule has 3 heterocycles. The van der Waals surface area contributed by atoms with Crippen LogP contribution in [0.3, 0.4) is 0 Å². The largest absolute Gasteiger partial charge is 0.344 e. The number of likely N-dealkylation sites (tertiary alicyclic amines) is 1. The van der Waals surface area contributed by atoms with E-state index in [2.05, 4.69) is 15.6 Å². The highest BCUT2D eigenvalue weighted by molar-refractivity contribution is 7.88. The number of hydrogen-bond acceptors (Lipinski definition) is 6. The monoisotopic (exact) mass is 557 g/mol. The SMILES string of the molecule is CC[C@@H](C)C(=O)N[C@H](C(=O)N1CC[C@@H]2[C@H]1C(C(=O)Nc1cccc3cccnc13)CN2S(C)(=O)=O)C(C)(C)C. The molecule has 2 aliphatic rings. The Morgan fingerprint density at radius 2 is 1.85 bits per heavy atom. The number of nitrogens with one attached hydrogen (secondary N) is 2. The molecule has 4 rings (SSSR count). The summed E-state index contributed by atoms with van der Waals surface area (Å²) in [6.07, 6.45) is 3.83. The van der Waals surface area contributed by atoms with Crippen LogP contribution in [-0.2, 0) is 24.4 Å². The normalized spacial score (nSPS) is 23.3. The van der Waals surface area contributed by atoms with Crippen LogP contribution in [-0.4, -0.2) is 77.8 Å². The van der Waals surface area contributed by atoms with Gasteiger partial charge in [-0.15, -0.1) is 0 Å². The Balaban J connectivity index is 1.66. The van der Waals surface area contributed by atoms with Crippen LogP contribution < -0.4 is 10.6 Å². The van der Waals surface area contributed by atoms with E-state index in [4.69, 9.17) is 0 Å². The van der Waals surface area contributed by atoms with Crippen molar-refractivity contribution < 1.29 is 22.8 Å². The van der Waals surface area contributed by atoms with Gasteiger partial charge in [-0.3, -0.25) is 19.4 Å². The van der Waals surface area contributed by atoms with E-state index in [0.717, 1.165) is 11.6 Å². The molecular formula is C28H39N5O5S. The number of sulfonamides is 1. The van der Waals surface area contributed by atoms with E-state index in [-0.39, 0.29) is 30.2 Å². The molecule has 2 fully saturated rings. The van der Waals surface area contributed by atoms with E-state index in [0.29, 0.717) is 30.6 Å². The molecule has 10 nitrogen and oxygen atoms in total. The highest BCUT2D eigenvalue weighted by Crippen LogP contribution is 2.39. The second kappa shape index (κ2) is 10.8. The number of aromatic nitrogens is 1. The van der Waals surface area contributed by atoms with E-state index in [1.165, 1.54) is 4.31 Å². The zero-order chi connectivity index (χ0) is 28.7. The fourth-order valence-electron chi connectivity index (χ4n) is 5.63. The number of rotatable bonds is 7. The summed E-state index contributed by atoms with van der Waals surface area (Å²) in [7, 11) is -3.63. The maximum Gasteiger partial charge on any atom is 0.246 e. The molecule has 0 radical (unpaired) electrons. The number of carbonyl (C=O) groups excluding carboxylic acids is 3. The van der Waals surface area contributed by atoms with E-state index in [1.807, 2.05) is 58.9 Å². The maximum absolute atomic E-state index is 14.0. The minimum absolute atomic E-state index is 0.0264. The van der Waals surface area contributed by atoms with Crippen LogP contribution in [0, 0.1) is 17.3 Å². The predicted molar refractivity (Wildman–Crippen MR) is 150 cm³/mol. The Morgan fingerprint density at radius 3 is 2.49 bits per heavy atom. The van der Waals surface area contributed by atoms with Crippen molar-refractivity contribution in [3.63, 3.8) is 0 Å². The molecule has 0 bridgehead atoms.